The van der Waals surface area contributed by atoms with Crippen LogP contribution in [0, 0.1) is 3.57 Å². The molecule has 0 saturated heterocycles. The first-order chi connectivity index (χ1) is 14.7. The lowest BCUT2D eigenvalue weighted by molar-refractivity contribution is 0.658. The number of fused-ring (bicyclic) bond motifs is 2. The van der Waals surface area contributed by atoms with Gasteiger partial charge in [0.15, 0.2) is 5.16 Å². The van der Waals surface area contributed by atoms with Crippen LogP contribution in [0.15, 0.2) is 82.7 Å². The molecule has 2 heterocycles. The van der Waals surface area contributed by atoms with Gasteiger partial charge in [0.1, 0.15) is 5.82 Å². The van der Waals surface area contributed by atoms with Gasteiger partial charge in [-0.25, -0.2) is 9.97 Å². The van der Waals surface area contributed by atoms with E-state index in [1.807, 2.05) is 72.8 Å². The van der Waals surface area contributed by atoms with E-state index in [0.717, 1.165) is 31.5 Å². The molecule has 0 fully saturated rings. The topological polar surface area (TPSA) is 63.6 Å². The summed E-state index contributed by atoms with van der Waals surface area (Å²) in [5.41, 5.74) is 3.72. The number of hydrogen-bond donors (Lipinski definition) is 1. The molecule has 0 amide bonds. The molecule has 0 atom stereocenters. The molecule has 5 nitrogen and oxygen atoms in total. The van der Waals surface area contributed by atoms with E-state index in [4.69, 9.17) is 4.98 Å². The number of hydrogen-bond acceptors (Lipinski definition) is 4. The SMILES string of the molecule is O=c1c2cc(I)ccc2nc(SCc2nc3ccccc3[nH]2)n1Cc1ccccc1. The first kappa shape index (κ1) is 19.3. The average molecular weight is 524 g/mol. The summed E-state index contributed by atoms with van der Waals surface area (Å²) in [6, 6.07) is 23.8. The Hall–Kier alpha value is -2.65. The number of thioether (sulfide) groups is 1. The van der Waals surface area contributed by atoms with Crippen LogP contribution < -0.4 is 5.56 Å². The Balaban J connectivity index is 1.55. The summed E-state index contributed by atoms with van der Waals surface area (Å²) in [7, 11) is 0. The molecule has 0 bridgehead atoms. The van der Waals surface area contributed by atoms with Gasteiger partial charge in [-0.2, -0.15) is 0 Å². The van der Waals surface area contributed by atoms with Crippen LogP contribution in [0.1, 0.15) is 11.4 Å². The lowest BCUT2D eigenvalue weighted by Gasteiger charge is -2.13. The van der Waals surface area contributed by atoms with Crippen LogP contribution >= 0.6 is 34.4 Å². The van der Waals surface area contributed by atoms with Crippen LogP contribution in [-0.4, -0.2) is 19.5 Å². The minimum absolute atomic E-state index is 0.0190. The quantitative estimate of drug-likeness (QED) is 0.195. The Morgan fingerprint density at radius 1 is 0.933 bits per heavy atom. The molecule has 1 N–H and O–H groups in total. The lowest BCUT2D eigenvalue weighted by Crippen LogP contribution is -2.24. The zero-order valence-corrected chi connectivity index (χ0v) is 18.9. The van der Waals surface area contributed by atoms with Crippen LogP contribution in [0.2, 0.25) is 0 Å². The molecule has 148 valence electrons. The molecule has 3 aromatic carbocycles. The van der Waals surface area contributed by atoms with Crippen LogP contribution in [0.4, 0.5) is 0 Å². The van der Waals surface area contributed by atoms with E-state index in [9.17, 15) is 4.79 Å². The molecule has 0 aliphatic heterocycles. The summed E-state index contributed by atoms with van der Waals surface area (Å²) < 4.78 is 2.79. The number of H-pyrrole nitrogens is 1. The minimum Gasteiger partial charge on any atom is -0.341 e. The van der Waals surface area contributed by atoms with Crippen molar-refractivity contribution in [2.75, 3.05) is 0 Å². The molecule has 2 aromatic heterocycles. The van der Waals surface area contributed by atoms with Gasteiger partial charge in [-0.1, -0.05) is 54.2 Å². The molecule has 0 radical (unpaired) electrons. The maximum atomic E-state index is 13.3. The predicted octanol–water partition coefficient (Wildman–Crippen LogP) is 5.22. The van der Waals surface area contributed by atoms with Crippen molar-refractivity contribution in [1.82, 2.24) is 19.5 Å². The number of halogens is 1. The first-order valence-corrected chi connectivity index (χ1v) is 11.5. The number of imidazole rings is 1. The summed E-state index contributed by atoms with van der Waals surface area (Å²) in [6.07, 6.45) is 0. The molecule has 0 aliphatic carbocycles. The molecule has 0 spiro atoms. The fraction of sp³-hybridized carbons (Fsp3) is 0.0870. The van der Waals surface area contributed by atoms with Crippen LogP contribution in [0.25, 0.3) is 21.9 Å². The van der Waals surface area contributed by atoms with E-state index in [-0.39, 0.29) is 5.56 Å². The second-order valence-corrected chi connectivity index (χ2v) is 9.11. The Kier molecular flexibility index (Phi) is 5.30. The highest BCUT2D eigenvalue weighted by Crippen LogP contribution is 2.24. The second-order valence-electron chi connectivity index (χ2n) is 6.92. The lowest BCUT2D eigenvalue weighted by atomic mass is 10.2. The Bertz CT molecular complexity index is 1380. The predicted molar refractivity (Wildman–Crippen MR) is 130 cm³/mol. The summed E-state index contributed by atoms with van der Waals surface area (Å²) in [4.78, 5) is 26.2. The highest BCUT2D eigenvalue weighted by Gasteiger charge is 2.14. The summed E-state index contributed by atoms with van der Waals surface area (Å²) in [5, 5.41) is 1.34. The number of nitrogens with zero attached hydrogens (tertiary/aromatic N) is 3. The van der Waals surface area contributed by atoms with Gasteiger partial charge in [0.05, 0.1) is 34.2 Å². The third-order valence-corrected chi connectivity index (χ3v) is 6.50. The van der Waals surface area contributed by atoms with Gasteiger partial charge in [-0.05, 0) is 58.5 Å². The fourth-order valence-electron chi connectivity index (χ4n) is 3.40. The highest BCUT2D eigenvalue weighted by molar-refractivity contribution is 14.1. The fourth-order valence-corrected chi connectivity index (χ4v) is 4.76. The van der Waals surface area contributed by atoms with Gasteiger partial charge in [0, 0.05) is 3.57 Å². The number of rotatable bonds is 5. The molecule has 30 heavy (non-hydrogen) atoms. The van der Waals surface area contributed by atoms with E-state index in [0.29, 0.717) is 22.8 Å². The molecule has 5 aromatic rings. The molecule has 7 heteroatoms. The van der Waals surface area contributed by atoms with E-state index < -0.39 is 0 Å². The van der Waals surface area contributed by atoms with E-state index >= 15 is 0 Å². The van der Waals surface area contributed by atoms with Crippen molar-refractivity contribution < 1.29 is 0 Å². The molecule has 0 unspecified atom stereocenters. The zero-order valence-electron chi connectivity index (χ0n) is 15.9. The number of aromatic amines is 1. The normalized spacial score (nSPS) is 11.4. The molecule has 0 saturated carbocycles. The van der Waals surface area contributed by atoms with Crippen molar-refractivity contribution in [3.8, 4) is 0 Å². The first-order valence-electron chi connectivity index (χ1n) is 9.48. The van der Waals surface area contributed by atoms with Gasteiger partial charge < -0.3 is 4.98 Å². The van der Waals surface area contributed by atoms with Crippen LogP contribution in [0.3, 0.4) is 0 Å². The molecule has 0 aliphatic rings. The Morgan fingerprint density at radius 3 is 2.57 bits per heavy atom. The number of aromatic nitrogens is 4. The van der Waals surface area contributed by atoms with Crippen LogP contribution in [-0.2, 0) is 12.3 Å². The van der Waals surface area contributed by atoms with Gasteiger partial charge in [-0.15, -0.1) is 0 Å². The number of para-hydroxylation sites is 2. The summed E-state index contributed by atoms with van der Waals surface area (Å²) in [5.74, 6) is 1.47. The van der Waals surface area contributed by atoms with Gasteiger partial charge in [0.25, 0.3) is 5.56 Å². The average Bonchev–Trinajstić information content (AvgIpc) is 3.19. The third-order valence-electron chi connectivity index (χ3n) is 4.84. The number of nitrogens with one attached hydrogen (secondary N) is 1. The monoisotopic (exact) mass is 524 g/mol. The van der Waals surface area contributed by atoms with Crippen molar-refractivity contribution >= 4 is 56.3 Å². The van der Waals surface area contributed by atoms with Crippen molar-refractivity contribution in [3.63, 3.8) is 0 Å². The van der Waals surface area contributed by atoms with Crippen molar-refractivity contribution in [1.29, 1.82) is 0 Å². The van der Waals surface area contributed by atoms with Crippen LogP contribution in [0.5, 0.6) is 0 Å². The summed E-state index contributed by atoms with van der Waals surface area (Å²) >= 11 is 3.75. The molecular formula is C23H17IN4OS. The van der Waals surface area contributed by atoms with E-state index in [1.54, 1.807) is 4.57 Å². The Morgan fingerprint density at radius 2 is 1.73 bits per heavy atom. The van der Waals surface area contributed by atoms with Crippen molar-refractivity contribution in [3.05, 3.63) is 98.1 Å². The second kappa shape index (κ2) is 8.23. The smallest absolute Gasteiger partial charge is 0.262 e. The molecular weight excluding hydrogens is 507 g/mol. The van der Waals surface area contributed by atoms with Crippen molar-refractivity contribution in [2.45, 2.75) is 17.5 Å². The third kappa shape index (κ3) is 3.87. The maximum absolute atomic E-state index is 13.3. The van der Waals surface area contributed by atoms with Crippen molar-refractivity contribution in [2.24, 2.45) is 0 Å². The molecule has 5 rings (SSSR count). The maximum Gasteiger partial charge on any atom is 0.262 e. The van der Waals surface area contributed by atoms with Gasteiger partial charge in [0.2, 0.25) is 0 Å². The summed E-state index contributed by atoms with van der Waals surface area (Å²) in [6.45, 7) is 0.483. The minimum atomic E-state index is -0.0190. The van der Waals surface area contributed by atoms with Gasteiger partial charge >= 0.3 is 0 Å². The number of benzene rings is 3. The van der Waals surface area contributed by atoms with E-state index in [1.165, 1.54) is 11.8 Å². The Labute approximate surface area is 190 Å². The van der Waals surface area contributed by atoms with E-state index in [2.05, 4.69) is 32.6 Å². The standard InChI is InChI=1S/C23H17IN4OS/c24-16-10-11-18-17(12-16)22(29)28(13-15-6-2-1-3-7-15)23(27-18)30-14-21-25-19-8-4-5-9-20(19)26-21/h1-12H,13-14H2,(H,25,26). The zero-order chi connectivity index (χ0) is 20.5. The largest absolute Gasteiger partial charge is 0.341 e. The van der Waals surface area contributed by atoms with Gasteiger partial charge in [-0.3, -0.25) is 9.36 Å². The highest BCUT2D eigenvalue weighted by atomic mass is 127.